The van der Waals surface area contributed by atoms with E-state index in [0.29, 0.717) is 5.96 Å². The fourth-order valence-electron chi connectivity index (χ4n) is 3.52. The molecule has 0 bridgehead atoms. The molecule has 0 aromatic heterocycles. The van der Waals surface area contributed by atoms with Crippen LogP contribution in [0.2, 0.25) is 0 Å². The maximum atomic E-state index is 5.49. The highest BCUT2D eigenvalue weighted by Crippen LogP contribution is 2.33. The Morgan fingerprint density at radius 1 is 0.621 bits per heavy atom. The Morgan fingerprint density at radius 3 is 1.41 bits per heavy atom. The van der Waals surface area contributed by atoms with Crippen LogP contribution in [-0.4, -0.2) is 27.2 Å². The summed E-state index contributed by atoms with van der Waals surface area (Å²) >= 11 is 0. The van der Waals surface area contributed by atoms with Gasteiger partial charge in [-0.25, -0.2) is 0 Å². The molecule has 0 spiro atoms. The van der Waals surface area contributed by atoms with E-state index in [1.54, 1.807) is 21.3 Å². The van der Waals surface area contributed by atoms with Crippen LogP contribution in [0.3, 0.4) is 0 Å². The molecule has 0 atom stereocenters. The van der Waals surface area contributed by atoms with Crippen LogP contribution in [0.25, 0.3) is 21.5 Å². The molecule has 4 aromatic rings. The highest BCUT2D eigenvalue weighted by molar-refractivity contribution is 6.12. The Balaban J connectivity index is 1.69. The third-order valence-electron chi connectivity index (χ3n) is 4.94. The maximum absolute atomic E-state index is 5.49. The molecule has 0 saturated heterocycles. The molecule has 5 nitrogen and oxygen atoms in total. The summed E-state index contributed by atoms with van der Waals surface area (Å²) in [4.78, 5) is 4.41. The number of fused-ring (bicyclic) bond motifs is 2. The second-order valence-electron chi connectivity index (χ2n) is 6.54. The number of rotatable bonds is 4. The normalized spacial score (nSPS) is 10.6. The van der Waals surface area contributed by atoms with E-state index in [2.05, 4.69) is 27.8 Å². The molecule has 0 aliphatic rings. The van der Waals surface area contributed by atoms with Gasteiger partial charge in [-0.3, -0.25) is 4.99 Å². The van der Waals surface area contributed by atoms with Crippen LogP contribution in [0.4, 0.5) is 11.4 Å². The number of anilines is 2. The monoisotopic (exact) mass is 385 g/mol. The topological polar surface area (TPSA) is 54.9 Å². The van der Waals surface area contributed by atoms with Crippen LogP contribution < -0.4 is 20.1 Å². The number of guanidine groups is 1. The lowest BCUT2D eigenvalue weighted by Gasteiger charge is -2.17. The van der Waals surface area contributed by atoms with E-state index in [1.165, 1.54) is 0 Å². The number of nitrogens with one attached hydrogen (secondary N) is 2. The smallest absolute Gasteiger partial charge is 0.200 e. The molecule has 0 saturated carbocycles. The second-order valence-corrected chi connectivity index (χ2v) is 6.54. The molecule has 0 fully saturated rings. The molecule has 0 aliphatic carbocycles. The first-order valence-electron chi connectivity index (χ1n) is 9.37. The van der Waals surface area contributed by atoms with Gasteiger partial charge in [-0.2, -0.15) is 0 Å². The van der Waals surface area contributed by atoms with Crippen LogP contribution in [0.1, 0.15) is 0 Å². The summed E-state index contributed by atoms with van der Waals surface area (Å²) in [6.07, 6.45) is 0. The van der Waals surface area contributed by atoms with Crippen molar-refractivity contribution in [1.29, 1.82) is 0 Å². The summed E-state index contributed by atoms with van der Waals surface area (Å²) in [5.41, 5.74) is 1.90. The number of hydrogen-bond acceptors (Lipinski definition) is 3. The summed E-state index contributed by atoms with van der Waals surface area (Å²) in [5, 5.41) is 11.1. The number of methoxy groups -OCH3 is 2. The molecule has 5 heteroatoms. The quantitative estimate of drug-likeness (QED) is 0.359. The van der Waals surface area contributed by atoms with E-state index in [4.69, 9.17) is 9.47 Å². The molecule has 0 heterocycles. The van der Waals surface area contributed by atoms with Crippen molar-refractivity contribution in [2.24, 2.45) is 4.99 Å². The van der Waals surface area contributed by atoms with E-state index in [1.807, 2.05) is 60.7 Å². The van der Waals surface area contributed by atoms with Gasteiger partial charge in [-0.15, -0.1) is 0 Å². The summed E-state index contributed by atoms with van der Waals surface area (Å²) in [6.45, 7) is 0. The van der Waals surface area contributed by atoms with Crippen molar-refractivity contribution in [3.63, 3.8) is 0 Å². The molecule has 29 heavy (non-hydrogen) atoms. The van der Waals surface area contributed by atoms with Crippen LogP contribution in [0.5, 0.6) is 11.5 Å². The van der Waals surface area contributed by atoms with Crippen molar-refractivity contribution in [1.82, 2.24) is 0 Å². The lowest BCUT2D eigenvalue weighted by molar-refractivity contribution is 0.420. The van der Waals surface area contributed by atoms with Crippen molar-refractivity contribution in [3.8, 4) is 11.5 Å². The summed E-state index contributed by atoms with van der Waals surface area (Å²) in [5.74, 6) is 2.33. The molecule has 4 aromatic carbocycles. The first-order chi connectivity index (χ1) is 14.2. The summed E-state index contributed by atoms with van der Waals surface area (Å²) < 4.78 is 11.0. The van der Waals surface area contributed by atoms with E-state index in [9.17, 15) is 0 Å². The Bertz CT molecular complexity index is 1110. The molecule has 2 N–H and O–H groups in total. The summed E-state index contributed by atoms with van der Waals surface area (Å²) in [7, 11) is 5.13. The number of hydrogen-bond donors (Lipinski definition) is 2. The average Bonchev–Trinajstić information content (AvgIpc) is 2.78. The zero-order valence-corrected chi connectivity index (χ0v) is 16.7. The Morgan fingerprint density at radius 2 is 1.03 bits per heavy atom. The van der Waals surface area contributed by atoms with Crippen molar-refractivity contribution < 1.29 is 9.47 Å². The van der Waals surface area contributed by atoms with E-state index < -0.39 is 0 Å². The van der Waals surface area contributed by atoms with Crippen molar-refractivity contribution in [3.05, 3.63) is 72.8 Å². The van der Waals surface area contributed by atoms with E-state index >= 15 is 0 Å². The first kappa shape index (κ1) is 18.6. The van der Waals surface area contributed by atoms with Gasteiger partial charge in [-0.05, 0) is 24.3 Å². The molecule has 0 amide bonds. The molecular weight excluding hydrogens is 362 g/mol. The minimum atomic E-state index is 0.649. The second kappa shape index (κ2) is 8.10. The maximum Gasteiger partial charge on any atom is 0.200 e. The minimum Gasteiger partial charge on any atom is -0.496 e. The fourth-order valence-corrected chi connectivity index (χ4v) is 3.52. The lowest BCUT2D eigenvalue weighted by atomic mass is 10.1. The minimum absolute atomic E-state index is 0.649. The van der Waals surface area contributed by atoms with E-state index in [-0.39, 0.29) is 0 Å². The van der Waals surface area contributed by atoms with E-state index in [0.717, 1.165) is 44.4 Å². The van der Waals surface area contributed by atoms with Gasteiger partial charge in [-0.1, -0.05) is 48.5 Å². The van der Waals surface area contributed by atoms with Crippen LogP contribution in [0, 0.1) is 0 Å². The van der Waals surface area contributed by atoms with Crippen LogP contribution >= 0.6 is 0 Å². The van der Waals surface area contributed by atoms with Gasteiger partial charge in [0.15, 0.2) is 5.96 Å². The third-order valence-corrected chi connectivity index (χ3v) is 4.94. The van der Waals surface area contributed by atoms with Crippen molar-refractivity contribution in [2.45, 2.75) is 0 Å². The van der Waals surface area contributed by atoms with Gasteiger partial charge in [0.05, 0.1) is 14.2 Å². The standard InChI is InChI=1S/C24H23N3O2/c1-25-24(26-20-12-14-22(28-2)18-10-6-4-8-16(18)20)27-21-13-15-23(29-3)19-11-7-5-9-17(19)21/h4-15H,1-3H3,(H2,25,26,27). The van der Waals surface area contributed by atoms with Gasteiger partial charge in [0.2, 0.25) is 0 Å². The van der Waals surface area contributed by atoms with Crippen molar-refractivity contribution >= 4 is 38.9 Å². The number of aliphatic imine (C=N–C) groups is 1. The Hall–Kier alpha value is -3.73. The molecule has 0 radical (unpaired) electrons. The zero-order valence-electron chi connectivity index (χ0n) is 16.7. The first-order valence-corrected chi connectivity index (χ1v) is 9.37. The summed E-state index contributed by atoms with van der Waals surface area (Å²) in [6, 6.07) is 24.2. The number of benzene rings is 4. The van der Waals surface area contributed by atoms with Crippen molar-refractivity contribution in [2.75, 3.05) is 31.9 Å². The third kappa shape index (κ3) is 3.55. The highest BCUT2D eigenvalue weighted by Gasteiger charge is 2.10. The van der Waals surface area contributed by atoms with Gasteiger partial charge in [0.1, 0.15) is 11.5 Å². The lowest BCUT2D eigenvalue weighted by Crippen LogP contribution is -2.22. The fraction of sp³-hybridized carbons (Fsp3) is 0.125. The van der Waals surface area contributed by atoms with Crippen LogP contribution in [-0.2, 0) is 0 Å². The SMILES string of the molecule is CN=C(Nc1ccc(OC)c2ccccc12)Nc1ccc(OC)c2ccccc12. The largest absolute Gasteiger partial charge is 0.496 e. The molecule has 146 valence electrons. The highest BCUT2D eigenvalue weighted by atomic mass is 16.5. The number of ether oxygens (including phenoxy) is 2. The van der Waals surface area contributed by atoms with Gasteiger partial charge in [0.25, 0.3) is 0 Å². The predicted octanol–water partition coefficient (Wildman–Crippen LogP) is 5.52. The van der Waals surface area contributed by atoms with Gasteiger partial charge < -0.3 is 20.1 Å². The average molecular weight is 385 g/mol. The Labute approximate surface area is 170 Å². The van der Waals surface area contributed by atoms with Gasteiger partial charge in [0, 0.05) is 40.0 Å². The molecule has 4 rings (SSSR count). The van der Waals surface area contributed by atoms with Gasteiger partial charge >= 0.3 is 0 Å². The Kier molecular flexibility index (Phi) is 5.20. The van der Waals surface area contributed by atoms with Crippen LogP contribution in [0.15, 0.2) is 77.8 Å². The molecule has 0 aliphatic heterocycles. The molecular formula is C24H23N3O2. The molecule has 0 unspecified atom stereocenters. The zero-order chi connectivity index (χ0) is 20.2. The predicted molar refractivity (Wildman–Crippen MR) is 122 cm³/mol. The number of nitrogens with zero attached hydrogens (tertiary/aromatic N) is 1.